The Kier molecular flexibility index (Phi) is 4.91. The maximum absolute atomic E-state index is 5.77. The number of nitrogens with two attached hydrogens (primary N) is 1. The van der Waals surface area contributed by atoms with Crippen LogP contribution in [-0.2, 0) is 4.53 Å². The molecule has 100 valence electrons. The van der Waals surface area contributed by atoms with E-state index in [4.69, 9.17) is 10.4 Å². The Bertz CT molecular complexity index is 447. The highest BCUT2D eigenvalue weighted by Crippen LogP contribution is 2.15. The molecule has 0 amide bonds. The minimum atomic E-state index is -2.26. The van der Waals surface area contributed by atoms with Gasteiger partial charge in [-0.25, -0.2) is 5.90 Å². The largest absolute Gasteiger partial charge is 0.337 e. The Balaban J connectivity index is 2.48. The van der Waals surface area contributed by atoms with Gasteiger partial charge in [-0.3, -0.25) is 0 Å². The lowest BCUT2D eigenvalue weighted by Crippen LogP contribution is -2.62. The summed E-state index contributed by atoms with van der Waals surface area (Å²) in [5, 5.41) is 2.49. The zero-order chi connectivity index (χ0) is 13.6. The van der Waals surface area contributed by atoms with Crippen LogP contribution in [0.4, 0.5) is 0 Å². The number of unbranched alkanes of at least 4 members (excludes halogenated alkanes) is 1. The van der Waals surface area contributed by atoms with Gasteiger partial charge < -0.3 is 4.53 Å². The van der Waals surface area contributed by atoms with Crippen LogP contribution in [0.25, 0.3) is 0 Å². The van der Waals surface area contributed by atoms with Gasteiger partial charge in [0, 0.05) is 0 Å². The van der Waals surface area contributed by atoms with E-state index in [2.05, 4.69) is 55.5 Å². The zero-order valence-corrected chi connectivity index (χ0v) is 12.4. The van der Waals surface area contributed by atoms with Gasteiger partial charge in [-0.15, -0.1) is 0 Å². The van der Waals surface area contributed by atoms with Crippen LogP contribution < -0.4 is 16.3 Å². The van der Waals surface area contributed by atoms with Crippen LogP contribution in [-0.4, -0.2) is 8.32 Å². The van der Waals surface area contributed by atoms with Gasteiger partial charge in [-0.1, -0.05) is 80.4 Å². The summed E-state index contributed by atoms with van der Waals surface area (Å²) in [4.78, 5) is 0. The van der Waals surface area contributed by atoms with Gasteiger partial charge in [-0.05, 0) is 16.4 Å². The molecule has 0 aliphatic heterocycles. The molecule has 2 rings (SSSR count). The standard InChI is InChI=1S/C16H21NOSi/c1-2-3-14-19(18-17,15-10-6-4-7-11-15)16-12-8-5-9-13-16/h4-13H,2-3,14,17H2,1H3. The fourth-order valence-corrected chi connectivity index (χ4v) is 6.10. The minimum Gasteiger partial charge on any atom is -0.337 e. The monoisotopic (exact) mass is 271 g/mol. The molecule has 2 aromatic rings. The van der Waals surface area contributed by atoms with Gasteiger partial charge in [0.2, 0.25) is 0 Å². The molecule has 0 bridgehead atoms. The second-order valence-electron chi connectivity index (χ2n) is 4.78. The van der Waals surface area contributed by atoms with E-state index in [1.165, 1.54) is 10.4 Å². The summed E-state index contributed by atoms with van der Waals surface area (Å²) in [6.45, 7) is 2.20. The van der Waals surface area contributed by atoms with Crippen LogP contribution in [0.3, 0.4) is 0 Å². The molecule has 0 saturated carbocycles. The third-order valence-corrected chi connectivity index (χ3v) is 7.56. The van der Waals surface area contributed by atoms with E-state index in [1.54, 1.807) is 0 Å². The van der Waals surface area contributed by atoms with Crippen molar-refractivity contribution in [1.82, 2.24) is 0 Å². The molecule has 0 fully saturated rings. The average Bonchev–Trinajstić information content (AvgIpc) is 2.51. The van der Waals surface area contributed by atoms with Gasteiger partial charge in [-0.2, -0.15) is 0 Å². The molecule has 0 aliphatic rings. The molecular formula is C16H21NOSi. The summed E-state index contributed by atoms with van der Waals surface area (Å²) in [7, 11) is -2.26. The summed E-state index contributed by atoms with van der Waals surface area (Å²) < 4.78 is 5.65. The van der Waals surface area contributed by atoms with Crippen molar-refractivity contribution in [3.8, 4) is 0 Å². The molecule has 3 heteroatoms. The average molecular weight is 271 g/mol. The quantitative estimate of drug-likeness (QED) is 0.647. The summed E-state index contributed by atoms with van der Waals surface area (Å²) in [5.74, 6) is 5.77. The molecule has 0 atom stereocenters. The number of rotatable bonds is 6. The molecule has 2 nitrogen and oxygen atoms in total. The molecule has 0 heterocycles. The van der Waals surface area contributed by atoms with E-state index in [0.717, 1.165) is 18.9 Å². The van der Waals surface area contributed by atoms with Gasteiger partial charge in [0.1, 0.15) is 0 Å². The fraction of sp³-hybridized carbons (Fsp3) is 0.250. The maximum atomic E-state index is 5.77. The molecule has 2 N–H and O–H groups in total. The van der Waals surface area contributed by atoms with Crippen molar-refractivity contribution in [3.05, 3.63) is 60.7 Å². The van der Waals surface area contributed by atoms with Gasteiger partial charge in [0.25, 0.3) is 8.32 Å². The zero-order valence-electron chi connectivity index (χ0n) is 11.4. The van der Waals surface area contributed by atoms with Crippen molar-refractivity contribution < 1.29 is 4.53 Å². The predicted octanol–water partition coefficient (Wildman–Crippen LogP) is 2.44. The first kappa shape index (κ1) is 14.0. The number of benzene rings is 2. The number of hydrogen-bond acceptors (Lipinski definition) is 2. The van der Waals surface area contributed by atoms with Crippen LogP contribution >= 0.6 is 0 Å². The lowest BCUT2D eigenvalue weighted by molar-refractivity contribution is 0.331. The Morgan fingerprint density at radius 1 is 0.895 bits per heavy atom. The van der Waals surface area contributed by atoms with Crippen LogP contribution in [0.1, 0.15) is 19.8 Å². The maximum Gasteiger partial charge on any atom is 0.281 e. The highest BCUT2D eigenvalue weighted by molar-refractivity contribution is 6.97. The van der Waals surface area contributed by atoms with Crippen molar-refractivity contribution >= 4 is 18.7 Å². The first-order chi connectivity index (χ1) is 9.33. The van der Waals surface area contributed by atoms with Crippen molar-refractivity contribution in [2.75, 3.05) is 0 Å². The molecule has 0 unspecified atom stereocenters. The Hall–Kier alpha value is -1.42. The van der Waals surface area contributed by atoms with Gasteiger partial charge in [0.05, 0.1) is 0 Å². The minimum absolute atomic E-state index is 1.02. The number of hydrogen-bond donors (Lipinski definition) is 1. The Morgan fingerprint density at radius 3 is 1.74 bits per heavy atom. The second-order valence-corrected chi connectivity index (χ2v) is 8.32. The predicted molar refractivity (Wildman–Crippen MR) is 82.9 cm³/mol. The topological polar surface area (TPSA) is 35.2 Å². The van der Waals surface area contributed by atoms with Crippen LogP contribution in [0.5, 0.6) is 0 Å². The normalized spacial score (nSPS) is 11.5. The van der Waals surface area contributed by atoms with E-state index in [9.17, 15) is 0 Å². The SMILES string of the molecule is CCCC[Si](ON)(c1ccccc1)c1ccccc1. The molecule has 0 spiro atoms. The van der Waals surface area contributed by atoms with Crippen molar-refractivity contribution in [2.45, 2.75) is 25.8 Å². The Labute approximate surface area is 116 Å². The van der Waals surface area contributed by atoms with Crippen LogP contribution in [0.2, 0.25) is 6.04 Å². The fourth-order valence-electron chi connectivity index (χ4n) is 2.49. The lowest BCUT2D eigenvalue weighted by Gasteiger charge is -2.29. The highest BCUT2D eigenvalue weighted by atomic mass is 28.4. The first-order valence-corrected chi connectivity index (χ1v) is 8.94. The third kappa shape index (κ3) is 2.95. The lowest BCUT2D eigenvalue weighted by atomic mass is 10.4. The Morgan fingerprint density at radius 2 is 1.37 bits per heavy atom. The van der Waals surface area contributed by atoms with Crippen molar-refractivity contribution in [2.24, 2.45) is 5.90 Å². The summed E-state index contributed by atoms with van der Waals surface area (Å²) in [6.07, 6.45) is 2.28. The van der Waals surface area contributed by atoms with Crippen molar-refractivity contribution in [3.63, 3.8) is 0 Å². The van der Waals surface area contributed by atoms with Crippen LogP contribution in [0, 0.1) is 0 Å². The molecule has 0 aliphatic carbocycles. The summed E-state index contributed by atoms with van der Waals surface area (Å²) in [5.41, 5.74) is 0. The summed E-state index contributed by atoms with van der Waals surface area (Å²) >= 11 is 0. The molecule has 2 aromatic carbocycles. The summed E-state index contributed by atoms with van der Waals surface area (Å²) in [6, 6.07) is 21.9. The van der Waals surface area contributed by atoms with E-state index in [-0.39, 0.29) is 0 Å². The van der Waals surface area contributed by atoms with Crippen molar-refractivity contribution in [1.29, 1.82) is 0 Å². The third-order valence-electron chi connectivity index (χ3n) is 3.56. The second kappa shape index (κ2) is 6.66. The molecule has 0 saturated heterocycles. The van der Waals surface area contributed by atoms with Gasteiger partial charge >= 0.3 is 0 Å². The molecule has 19 heavy (non-hydrogen) atoms. The molecule has 0 aromatic heterocycles. The van der Waals surface area contributed by atoms with Gasteiger partial charge in [0.15, 0.2) is 0 Å². The van der Waals surface area contributed by atoms with E-state index < -0.39 is 8.32 Å². The van der Waals surface area contributed by atoms with Crippen LogP contribution in [0.15, 0.2) is 60.7 Å². The van der Waals surface area contributed by atoms with E-state index >= 15 is 0 Å². The van der Waals surface area contributed by atoms with E-state index in [1.807, 2.05) is 12.1 Å². The molecular weight excluding hydrogens is 250 g/mol. The first-order valence-electron chi connectivity index (χ1n) is 6.82. The van der Waals surface area contributed by atoms with E-state index in [0.29, 0.717) is 0 Å². The highest BCUT2D eigenvalue weighted by Gasteiger charge is 2.38. The smallest absolute Gasteiger partial charge is 0.281 e. The molecule has 0 radical (unpaired) electrons.